The zero-order valence-corrected chi connectivity index (χ0v) is 19.1. The van der Waals surface area contributed by atoms with E-state index in [0.29, 0.717) is 33.9 Å². The van der Waals surface area contributed by atoms with Crippen LogP contribution in [-0.4, -0.2) is 27.9 Å². The molecule has 180 valence electrons. The number of aromatic hydroxyl groups is 1. The number of rotatable bonds is 7. The van der Waals surface area contributed by atoms with Gasteiger partial charge in [-0.1, -0.05) is 31.1 Å². The molecule has 0 bridgehead atoms. The van der Waals surface area contributed by atoms with Crippen molar-refractivity contribution in [1.82, 2.24) is 15.5 Å². The van der Waals surface area contributed by atoms with E-state index < -0.39 is 5.92 Å². The van der Waals surface area contributed by atoms with Crippen molar-refractivity contribution in [3.63, 3.8) is 0 Å². The Balaban J connectivity index is 1.48. The zero-order valence-electron chi connectivity index (χ0n) is 19.1. The number of phenolic OH excluding ortho intramolecular Hbond substituents is 1. The Morgan fingerprint density at radius 2 is 1.91 bits per heavy atom. The highest BCUT2D eigenvalue weighted by Crippen LogP contribution is 2.42. The second-order valence-corrected chi connectivity index (χ2v) is 8.52. The summed E-state index contributed by atoms with van der Waals surface area (Å²) < 4.78 is 21.6. The summed E-state index contributed by atoms with van der Waals surface area (Å²) in [4.78, 5) is 30.6. The molecule has 3 heterocycles. The Morgan fingerprint density at radius 3 is 2.69 bits per heavy atom. The summed E-state index contributed by atoms with van der Waals surface area (Å²) in [5, 5.41) is 17.8. The standard InChI is InChI=1S/C25H23N3O7/c1-13(2)25-27-23(35-28-25)10-26-22(30)8-15(16-7-20-21(9-18(16)29)34-12-33-20)17-11-32-19-6-4-3-5-14(19)24(17)31/h3-7,9,11,13,15,29H,8,10,12H2,1-2H3,(H,26,30)/t15-/m1/s1. The lowest BCUT2D eigenvalue weighted by Gasteiger charge is -2.18. The number of aromatic nitrogens is 2. The average molecular weight is 477 g/mol. The van der Waals surface area contributed by atoms with Gasteiger partial charge in [-0.25, -0.2) is 0 Å². The van der Waals surface area contributed by atoms with Gasteiger partial charge < -0.3 is 28.8 Å². The first kappa shape index (κ1) is 22.5. The molecule has 1 aliphatic rings. The molecule has 2 aromatic carbocycles. The highest BCUT2D eigenvalue weighted by molar-refractivity contribution is 5.80. The Labute approximate surface area is 199 Å². The first-order chi connectivity index (χ1) is 16.9. The van der Waals surface area contributed by atoms with E-state index in [1.54, 1.807) is 30.3 Å². The molecular formula is C25H23N3O7. The van der Waals surface area contributed by atoms with Crippen LogP contribution in [0.1, 0.15) is 54.9 Å². The van der Waals surface area contributed by atoms with Crippen LogP contribution in [0.15, 0.2) is 56.4 Å². The molecule has 0 spiro atoms. The molecule has 0 fully saturated rings. The highest BCUT2D eigenvalue weighted by Gasteiger charge is 2.28. The van der Waals surface area contributed by atoms with E-state index in [1.165, 1.54) is 12.3 Å². The molecule has 2 aromatic heterocycles. The lowest BCUT2D eigenvalue weighted by atomic mass is 9.87. The summed E-state index contributed by atoms with van der Waals surface area (Å²) in [7, 11) is 0. The molecule has 0 saturated carbocycles. The van der Waals surface area contributed by atoms with E-state index >= 15 is 0 Å². The van der Waals surface area contributed by atoms with E-state index in [0.717, 1.165) is 0 Å². The summed E-state index contributed by atoms with van der Waals surface area (Å²) in [6.45, 7) is 3.92. The third-order valence-corrected chi connectivity index (χ3v) is 5.81. The Morgan fingerprint density at radius 1 is 1.14 bits per heavy atom. The minimum absolute atomic E-state index is 0.0179. The van der Waals surface area contributed by atoms with Crippen LogP contribution < -0.4 is 20.2 Å². The van der Waals surface area contributed by atoms with Gasteiger partial charge in [-0.15, -0.1) is 0 Å². The van der Waals surface area contributed by atoms with Gasteiger partial charge in [0.1, 0.15) is 11.3 Å². The average Bonchev–Trinajstić information content (AvgIpc) is 3.51. The van der Waals surface area contributed by atoms with Crippen LogP contribution in [0.25, 0.3) is 11.0 Å². The van der Waals surface area contributed by atoms with Crippen molar-refractivity contribution in [2.75, 3.05) is 6.79 Å². The maximum absolute atomic E-state index is 13.4. The molecule has 10 heteroatoms. The van der Waals surface area contributed by atoms with E-state index in [2.05, 4.69) is 15.5 Å². The molecule has 35 heavy (non-hydrogen) atoms. The summed E-state index contributed by atoms with van der Waals surface area (Å²) >= 11 is 0. The third kappa shape index (κ3) is 4.42. The van der Waals surface area contributed by atoms with Crippen LogP contribution in [0.4, 0.5) is 0 Å². The summed E-state index contributed by atoms with van der Waals surface area (Å²) in [5.74, 6) is 0.383. The smallest absolute Gasteiger partial charge is 0.246 e. The third-order valence-electron chi connectivity index (χ3n) is 5.81. The molecule has 2 N–H and O–H groups in total. The second-order valence-electron chi connectivity index (χ2n) is 8.52. The van der Waals surface area contributed by atoms with Crippen LogP contribution in [0, 0.1) is 0 Å². The predicted octanol–water partition coefficient (Wildman–Crippen LogP) is 3.57. The molecule has 1 atom stereocenters. The lowest BCUT2D eigenvalue weighted by Crippen LogP contribution is -2.27. The Bertz CT molecular complexity index is 1460. The van der Waals surface area contributed by atoms with Gasteiger partial charge in [-0.05, 0) is 18.2 Å². The molecule has 0 radical (unpaired) electrons. The lowest BCUT2D eigenvalue weighted by molar-refractivity contribution is -0.121. The van der Waals surface area contributed by atoms with Crippen LogP contribution in [0.3, 0.4) is 0 Å². The number of phenols is 1. The summed E-state index contributed by atoms with van der Waals surface area (Å²) in [5.41, 5.74) is 0.705. The number of fused-ring (bicyclic) bond motifs is 2. The quantitative estimate of drug-likeness (QED) is 0.409. The topological polar surface area (TPSA) is 137 Å². The minimum atomic E-state index is -0.820. The van der Waals surface area contributed by atoms with Crippen LogP contribution in [0.5, 0.6) is 17.2 Å². The van der Waals surface area contributed by atoms with Crippen LogP contribution in [0.2, 0.25) is 0 Å². The second kappa shape index (κ2) is 9.13. The van der Waals surface area contributed by atoms with Gasteiger partial charge in [0.2, 0.25) is 18.6 Å². The Kier molecular flexibility index (Phi) is 5.86. The number of benzene rings is 2. The van der Waals surface area contributed by atoms with Gasteiger partial charge in [0.25, 0.3) is 0 Å². The fourth-order valence-corrected chi connectivity index (χ4v) is 3.95. The summed E-state index contributed by atoms with van der Waals surface area (Å²) in [6, 6.07) is 9.84. The van der Waals surface area contributed by atoms with Crippen molar-refractivity contribution < 1.29 is 28.3 Å². The number of carbonyl (C=O) groups is 1. The molecule has 4 aromatic rings. The zero-order chi connectivity index (χ0) is 24.5. The monoisotopic (exact) mass is 477 g/mol. The van der Waals surface area contributed by atoms with Crippen molar-refractivity contribution in [3.05, 3.63) is 75.7 Å². The first-order valence-corrected chi connectivity index (χ1v) is 11.1. The van der Waals surface area contributed by atoms with E-state index in [9.17, 15) is 14.7 Å². The number of amides is 1. The molecule has 5 rings (SSSR count). The van der Waals surface area contributed by atoms with Gasteiger partial charge in [-0.2, -0.15) is 4.98 Å². The number of para-hydroxylation sites is 1. The van der Waals surface area contributed by atoms with Gasteiger partial charge in [0, 0.05) is 35.4 Å². The number of hydrogen-bond donors (Lipinski definition) is 2. The van der Waals surface area contributed by atoms with Gasteiger partial charge in [0.05, 0.1) is 18.2 Å². The predicted molar refractivity (Wildman–Crippen MR) is 123 cm³/mol. The maximum Gasteiger partial charge on any atom is 0.246 e. The number of ether oxygens (including phenoxy) is 2. The molecule has 10 nitrogen and oxygen atoms in total. The molecule has 1 amide bonds. The van der Waals surface area contributed by atoms with E-state index in [4.69, 9.17) is 18.4 Å². The highest BCUT2D eigenvalue weighted by atomic mass is 16.7. The normalized spacial score (nSPS) is 13.3. The number of hydrogen-bond acceptors (Lipinski definition) is 9. The van der Waals surface area contributed by atoms with Crippen molar-refractivity contribution >= 4 is 16.9 Å². The fraction of sp³-hybridized carbons (Fsp3) is 0.280. The summed E-state index contributed by atoms with van der Waals surface area (Å²) in [6.07, 6.45) is 1.18. The van der Waals surface area contributed by atoms with Gasteiger partial charge >= 0.3 is 0 Å². The van der Waals surface area contributed by atoms with Crippen molar-refractivity contribution in [2.45, 2.75) is 38.6 Å². The SMILES string of the molecule is CC(C)c1noc(CNC(=O)C[C@H](c2cc3c(cc2O)OCO3)c2coc3ccccc3c2=O)n1. The van der Waals surface area contributed by atoms with E-state index in [1.807, 2.05) is 13.8 Å². The first-order valence-electron chi connectivity index (χ1n) is 11.1. The Hall–Kier alpha value is -4.34. The van der Waals surface area contributed by atoms with E-state index in [-0.39, 0.29) is 54.2 Å². The van der Waals surface area contributed by atoms with Gasteiger partial charge in [-0.3, -0.25) is 9.59 Å². The maximum atomic E-state index is 13.4. The van der Waals surface area contributed by atoms with Gasteiger partial charge in [0.15, 0.2) is 22.8 Å². The van der Waals surface area contributed by atoms with Crippen LogP contribution >= 0.6 is 0 Å². The molecule has 0 aliphatic carbocycles. The number of carbonyl (C=O) groups excluding carboxylic acids is 1. The molecule has 1 aliphatic heterocycles. The van der Waals surface area contributed by atoms with Crippen molar-refractivity contribution in [3.8, 4) is 17.2 Å². The molecule has 0 saturated heterocycles. The minimum Gasteiger partial charge on any atom is -0.508 e. The van der Waals surface area contributed by atoms with Crippen molar-refractivity contribution in [2.24, 2.45) is 0 Å². The molecule has 0 unspecified atom stereocenters. The largest absolute Gasteiger partial charge is 0.508 e. The molecular weight excluding hydrogens is 454 g/mol. The number of nitrogens with one attached hydrogen (secondary N) is 1. The van der Waals surface area contributed by atoms with Crippen molar-refractivity contribution in [1.29, 1.82) is 0 Å². The number of nitrogens with zero attached hydrogens (tertiary/aromatic N) is 2. The fourth-order valence-electron chi connectivity index (χ4n) is 3.95. The van der Waals surface area contributed by atoms with Crippen LogP contribution in [-0.2, 0) is 11.3 Å².